The minimum Gasteiger partial charge on any atom is -0.348 e. The third kappa shape index (κ3) is 3.03. The number of carbonyl (C=O) groups excluding carboxylic acids is 1. The number of benzene rings is 1. The Hall–Kier alpha value is -1.42. The van der Waals surface area contributed by atoms with Crippen molar-refractivity contribution in [2.45, 2.75) is 31.8 Å². The molecule has 0 unspecified atom stereocenters. The van der Waals surface area contributed by atoms with E-state index in [-0.39, 0.29) is 23.8 Å². The predicted octanol–water partition coefficient (Wildman–Crippen LogP) is 1.75. The number of carbonyl (C=O) groups is 1. The van der Waals surface area contributed by atoms with Gasteiger partial charge < -0.3 is 10.6 Å². The van der Waals surface area contributed by atoms with E-state index in [0.717, 1.165) is 24.9 Å². The van der Waals surface area contributed by atoms with Gasteiger partial charge in [-0.2, -0.15) is 0 Å². The molecule has 1 saturated heterocycles. The van der Waals surface area contributed by atoms with Gasteiger partial charge in [-0.1, -0.05) is 12.1 Å². The summed E-state index contributed by atoms with van der Waals surface area (Å²) >= 11 is 0. The number of hydrogen-bond acceptors (Lipinski definition) is 2. The van der Waals surface area contributed by atoms with Crippen LogP contribution in [-0.2, 0) is 4.79 Å². The number of nitrogens with one attached hydrogen (secondary N) is 2. The maximum absolute atomic E-state index is 13.0. The first-order valence-corrected chi connectivity index (χ1v) is 5.96. The molecule has 1 fully saturated rings. The Kier molecular flexibility index (Phi) is 3.74. The van der Waals surface area contributed by atoms with Crippen molar-refractivity contribution >= 4 is 5.91 Å². The van der Waals surface area contributed by atoms with E-state index in [1.54, 1.807) is 6.07 Å². The van der Waals surface area contributed by atoms with Crippen LogP contribution < -0.4 is 10.6 Å². The van der Waals surface area contributed by atoms with Crippen molar-refractivity contribution in [1.29, 1.82) is 0 Å². The first-order valence-electron chi connectivity index (χ1n) is 5.96. The molecular weight excluding hydrogens is 219 g/mol. The van der Waals surface area contributed by atoms with Crippen LogP contribution >= 0.6 is 0 Å². The Balaban J connectivity index is 1.96. The zero-order valence-electron chi connectivity index (χ0n) is 9.87. The topological polar surface area (TPSA) is 41.1 Å². The van der Waals surface area contributed by atoms with Crippen molar-refractivity contribution in [1.82, 2.24) is 10.6 Å². The van der Waals surface area contributed by atoms with Gasteiger partial charge in [0.05, 0.1) is 12.1 Å². The lowest BCUT2D eigenvalue weighted by atomic mass is 10.1. The van der Waals surface area contributed by atoms with Gasteiger partial charge in [0.15, 0.2) is 0 Å². The van der Waals surface area contributed by atoms with Gasteiger partial charge in [-0.25, -0.2) is 4.39 Å². The van der Waals surface area contributed by atoms with E-state index < -0.39 is 0 Å². The summed E-state index contributed by atoms with van der Waals surface area (Å²) in [5.74, 6) is -0.276. The lowest BCUT2D eigenvalue weighted by Crippen LogP contribution is -2.41. The van der Waals surface area contributed by atoms with Crippen LogP contribution in [0.2, 0.25) is 0 Å². The van der Waals surface area contributed by atoms with Crippen LogP contribution in [0, 0.1) is 5.82 Å². The van der Waals surface area contributed by atoms with E-state index in [1.807, 2.05) is 13.0 Å². The molecule has 1 aromatic carbocycles. The second kappa shape index (κ2) is 5.27. The van der Waals surface area contributed by atoms with Crippen molar-refractivity contribution in [2.75, 3.05) is 6.54 Å². The zero-order chi connectivity index (χ0) is 12.3. The van der Waals surface area contributed by atoms with Crippen LogP contribution in [0.3, 0.4) is 0 Å². The first-order chi connectivity index (χ1) is 8.16. The van der Waals surface area contributed by atoms with Crippen LogP contribution in [0.5, 0.6) is 0 Å². The molecule has 3 nitrogen and oxygen atoms in total. The van der Waals surface area contributed by atoms with E-state index in [4.69, 9.17) is 0 Å². The highest BCUT2D eigenvalue weighted by Gasteiger charge is 2.23. The predicted molar refractivity (Wildman–Crippen MR) is 64.0 cm³/mol. The minimum absolute atomic E-state index is 0.000684. The molecular formula is C13H17FN2O. The Bertz CT molecular complexity index is 402. The molecule has 1 heterocycles. The summed E-state index contributed by atoms with van der Waals surface area (Å²) in [6.07, 6.45) is 1.91. The summed E-state index contributed by atoms with van der Waals surface area (Å²) in [5.41, 5.74) is 0.788. The molecule has 17 heavy (non-hydrogen) atoms. The van der Waals surface area contributed by atoms with Gasteiger partial charge in [0, 0.05) is 0 Å². The number of halogens is 1. The first kappa shape index (κ1) is 12.0. The van der Waals surface area contributed by atoms with Crippen LogP contribution in [0.15, 0.2) is 24.3 Å². The lowest BCUT2D eigenvalue weighted by molar-refractivity contribution is -0.123. The fourth-order valence-electron chi connectivity index (χ4n) is 2.08. The van der Waals surface area contributed by atoms with E-state index in [9.17, 15) is 9.18 Å². The zero-order valence-corrected chi connectivity index (χ0v) is 9.87. The van der Waals surface area contributed by atoms with Gasteiger partial charge >= 0.3 is 0 Å². The average Bonchev–Trinajstić information content (AvgIpc) is 2.82. The molecule has 0 aliphatic carbocycles. The fraction of sp³-hybridized carbons (Fsp3) is 0.462. The van der Waals surface area contributed by atoms with Crippen LogP contribution in [0.1, 0.15) is 31.4 Å². The molecule has 2 atom stereocenters. The summed E-state index contributed by atoms with van der Waals surface area (Å²) in [6, 6.07) is 6.06. The fourth-order valence-corrected chi connectivity index (χ4v) is 2.08. The van der Waals surface area contributed by atoms with Crippen LogP contribution in [0.25, 0.3) is 0 Å². The van der Waals surface area contributed by atoms with Crippen molar-refractivity contribution in [2.24, 2.45) is 0 Å². The highest BCUT2D eigenvalue weighted by Crippen LogP contribution is 2.14. The third-order valence-electron chi connectivity index (χ3n) is 3.08. The number of rotatable bonds is 3. The molecule has 0 radical (unpaired) electrons. The van der Waals surface area contributed by atoms with Gasteiger partial charge in [0.2, 0.25) is 5.91 Å². The Labute approximate surface area is 100 Å². The number of amides is 1. The van der Waals surface area contributed by atoms with Gasteiger partial charge in [0.1, 0.15) is 5.82 Å². The van der Waals surface area contributed by atoms with Crippen molar-refractivity contribution in [3.8, 4) is 0 Å². The molecule has 1 amide bonds. The molecule has 1 aliphatic heterocycles. The molecule has 4 heteroatoms. The van der Waals surface area contributed by atoms with Gasteiger partial charge in [-0.3, -0.25) is 4.79 Å². The second-order valence-electron chi connectivity index (χ2n) is 4.43. The second-order valence-corrected chi connectivity index (χ2v) is 4.43. The monoisotopic (exact) mass is 236 g/mol. The molecule has 2 rings (SSSR count). The maximum Gasteiger partial charge on any atom is 0.237 e. The van der Waals surface area contributed by atoms with E-state index in [2.05, 4.69) is 10.6 Å². The molecule has 0 bridgehead atoms. The normalized spacial score (nSPS) is 21.2. The molecule has 2 N–H and O–H groups in total. The van der Waals surface area contributed by atoms with Crippen molar-refractivity contribution in [3.05, 3.63) is 35.6 Å². The standard InChI is InChI=1S/C13H17FN2O/c1-9(10-4-2-5-11(14)8-10)16-13(17)12-6-3-7-15-12/h2,4-5,8-9,12,15H,3,6-7H2,1H3,(H,16,17)/t9-,12-/m0/s1. The highest BCUT2D eigenvalue weighted by atomic mass is 19.1. The summed E-state index contributed by atoms with van der Waals surface area (Å²) in [7, 11) is 0. The summed E-state index contributed by atoms with van der Waals surface area (Å²) in [4.78, 5) is 11.8. The summed E-state index contributed by atoms with van der Waals surface area (Å²) < 4.78 is 13.0. The molecule has 0 aromatic heterocycles. The Morgan fingerprint density at radius 1 is 1.59 bits per heavy atom. The van der Waals surface area contributed by atoms with Crippen molar-refractivity contribution in [3.63, 3.8) is 0 Å². The number of hydrogen-bond donors (Lipinski definition) is 2. The van der Waals surface area contributed by atoms with Crippen LogP contribution in [-0.4, -0.2) is 18.5 Å². The minimum atomic E-state index is -0.275. The summed E-state index contributed by atoms with van der Waals surface area (Å²) in [6.45, 7) is 2.76. The lowest BCUT2D eigenvalue weighted by Gasteiger charge is -2.17. The highest BCUT2D eigenvalue weighted by molar-refractivity contribution is 5.82. The smallest absolute Gasteiger partial charge is 0.237 e. The molecule has 0 saturated carbocycles. The van der Waals surface area contributed by atoms with Gasteiger partial charge in [0.25, 0.3) is 0 Å². The third-order valence-corrected chi connectivity index (χ3v) is 3.08. The summed E-state index contributed by atoms with van der Waals surface area (Å²) in [5, 5.41) is 6.04. The molecule has 0 spiro atoms. The molecule has 92 valence electrons. The van der Waals surface area contributed by atoms with Gasteiger partial charge in [-0.15, -0.1) is 0 Å². The van der Waals surface area contributed by atoms with E-state index >= 15 is 0 Å². The average molecular weight is 236 g/mol. The van der Waals surface area contributed by atoms with Crippen LogP contribution in [0.4, 0.5) is 4.39 Å². The maximum atomic E-state index is 13.0. The molecule has 1 aromatic rings. The van der Waals surface area contributed by atoms with E-state index in [1.165, 1.54) is 12.1 Å². The van der Waals surface area contributed by atoms with E-state index in [0.29, 0.717) is 0 Å². The van der Waals surface area contributed by atoms with Gasteiger partial charge in [-0.05, 0) is 44.0 Å². The molecule has 1 aliphatic rings. The Morgan fingerprint density at radius 3 is 3.06 bits per heavy atom. The quantitative estimate of drug-likeness (QED) is 0.839. The Morgan fingerprint density at radius 2 is 2.41 bits per heavy atom. The van der Waals surface area contributed by atoms with Crippen molar-refractivity contribution < 1.29 is 9.18 Å². The largest absolute Gasteiger partial charge is 0.348 e. The SMILES string of the molecule is C[C@H](NC(=O)[C@@H]1CCCN1)c1cccc(F)c1.